The minimum absolute atomic E-state index is 0.257. The summed E-state index contributed by atoms with van der Waals surface area (Å²) in [5.74, 6) is 1.29. The summed E-state index contributed by atoms with van der Waals surface area (Å²) in [6.45, 7) is 2.04. The van der Waals surface area contributed by atoms with Crippen LogP contribution in [0.5, 0.6) is 5.75 Å². The SMILES string of the molecule is Cc1cc(O)c2c(c1)[C@H]1C=CC[C@H]1[C@@H](c1ccccc1)N2. The second-order valence-electron chi connectivity index (χ2n) is 6.13. The normalized spacial score (nSPS) is 26.0. The highest BCUT2D eigenvalue weighted by Crippen LogP contribution is 2.52. The second-order valence-corrected chi connectivity index (χ2v) is 6.13. The van der Waals surface area contributed by atoms with Crippen LogP contribution in [0.15, 0.2) is 54.6 Å². The van der Waals surface area contributed by atoms with E-state index in [1.807, 2.05) is 19.1 Å². The third-order valence-corrected chi connectivity index (χ3v) is 4.75. The highest BCUT2D eigenvalue weighted by molar-refractivity contribution is 5.68. The fraction of sp³-hybridized carbons (Fsp3) is 0.263. The molecule has 1 aliphatic heterocycles. The number of anilines is 1. The van der Waals surface area contributed by atoms with Crippen LogP contribution in [0.1, 0.15) is 35.1 Å². The Hall–Kier alpha value is -2.22. The van der Waals surface area contributed by atoms with Crippen LogP contribution in [-0.4, -0.2) is 5.11 Å². The van der Waals surface area contributed by atoms with Crippen LogP contribution in [0.3, 0.4) is 0 Å². The Morgan fingerprint density at radius 2 is 1.95 bits per heavy atom. The number of aromatic hydroxyl groups is 1. The highest BCUT2D eigenvalue weighted by Gasteiger charge is 2.38. The first-order valence-corrected chi connectivity index (χ1v) is 7.55. The number of phenols is 1. The van der Waals surface area contributed by atoms with Gasteiger partial charge in [-0.3, -0.25) is 0 Å². The molecule has 2 nitrogen and oxygen atoms in total. The molecule has 0 bridgehead atoms. The maximum Gasteiger partial charge on any atom is 0.139 e. The number of benzene rings is 2. The van der Waals surface area contributed by atoms with Crippen molar-refractivity contribution in [1.29, 1.82) is 0 Å². The quantitative estimate of drug-likeness (QED) is 0.593. The van der Waals surface area contributed by atoms with E-state index >= 15 is 0 Å². The lowest BCUT2D eigenvalue weighted by Crippen LogP contribution is -2.29. The van der Waals surface area contributed by atoms with Crippen molar-refractivity contribution in [2.45, 2.75) is 25.3 Å². The number of nitrogens with one attached hydrogen (secondary N) is 1. The molecule has 4 rings (SSSR count). The number of allylic oxidation sites excluding steroid dienone is 2. The summed E-state index contributed by atoms with van der Waals surface area (Å²) in [4.78, 5) is 0. The van der Waals surface area contributed by atoms with Crippen LogP contribution in [0, 0.1) is 12.8 Å². The zero-order chi connectivity index (χ0) is 14.4. The van der Waals surface area contributed by atoms with Gasteiger partial charge < -0.3 is 10.4 Å². The van der Waals surface area contributed by atoms with Crippen molar-refractivity contribution >= 4 is 5.69 Å². The summed E-state index contributed by atoms with van der Waals surface area (Å²) >= 11 is 0. The van der Waals surface area contributed by atoms with Crippen molar-refractivity contribution in [2.24, 2.45) is 5.92 Å². The van der Waals surface area contributed by atoms with E-state index in [2.05, 4.69) is 47.8 Å². The zero-order valence-electron chi connectivity index (χ0n) is 12.1. The zero-order valence-corrected chi connectivity index (χ0v) is 12.1. The van der Waals surface area contributed by atoms with E-state index < -0.39 is 0 Å². The smallest absolute Gasteiger partial charge is 0.139 e. The highest BCUT2D eigenvalue weighted by atomic mass is 16.3. The summed E-state index contributed by atoms with van der Waals surface area (Å²) < 4.78 is 0. The van der Waals surface area contributed by atoms with Crippen LogP contribution >= 0.6 is 0 Å². The molecule has 106 valence electrons. The van der Waals surface area contributed by atoms with Gasteiger partial charge in [-0.15, -0.1) is 0 Å². The summed E-state index contributed by atoms with van der Waals surface area (Å²) in [5, 5.41) is 13.9. The molecule has 0 saturated carbocycles. The Kier molecular flexibility index (Phi) is 2.78. The van der Waals surface area contributed by atoms with Crippen molar-refractivity contribution < 1.29 is 5.11 Å². The standard InChI is InChI=1S/C19H19NO/c1-12-10-16-14-8-5-9-15(14)18(13-6-3-2-4-7-13)20-19(16)17(21)11-12/h2-8,10-11,14-15,18,20-21H,9H2,1H3/t14-,15+,18+/m0/s1. The van der Waals surface area contributed by atoms with Crippen LogP contribution in [0.2, 0.25) is 0 Å². The number of fused-ring (bicyclic) bond motifs is 3. The predicted octanol–water partition coefficient (Wildman–Crippen LogP) is 4.53. The molecule has 21 heavy (non-hydrogen) atoms. The monoisotopic (exact) mass is 277 g/mol. The molecule has 1 heterocycles. The van der Waals surface area contributed by atoms with Crippen LogP contribution in [0.25, 0.3) is 0 Å². The van der Waals surface area contributed by atoms with Crippen LogP contribution in [-0.2, 0) is 0 Å². The van der Waals surface area contributed by atoms with Gasteiger partial charge in [0.25, 0.3) is 0 Å². The Balaban J connectivity index is 1.84. The molecule has 2 aliphatic rings. The van der Waals surface area contributed by atoms with E-state index in [-0.39, 0.29) is 6.04 Å². The number of hydrogen-bond donors (Lipinski definition) is 2. The lowest BCUT2D eigenvalue weighted by atomic mass is 9.76. The fourth-order valence-electron chi connectivity index (χ4n) is 3.82. The second kappa shape index (κ2) is 4.66. The van der Waals surface area contributed by atoms with Crippen molar-refractivity contribution in [1.82, 2.24) is 0 Å². The number of hydrogen-bond acceptors (Lipinski definition) is 2. The van der Waals surface area contributed by atoms with E-state index in [0.717, 1.165) is 17.7 Å². The lowest BCUT2D eigenvalue weighted by molar-refractivity contribution is 0.415. The van der Waals surface area contributed by atoms with Crippen molar-refractivity contribution in [3.05, 3.63) is 71.3 Å². The van der Waals surface area contributed by atoms with Gasteiger partial charge in [0.1, 0.15) is 5.75 Å². The van der Waals surface area contributed by atoms with Crippen molar-refractivity contribution in [3.8, 4) is 5.75 Å². The third kappa shape index (κ3) is 1.94. The van der Waals surface area contributed by atoms with Gasteiger partial charge in [0, 0.05) is 5.92 Å². The molecule has 0 spiro atoms. The molecule has 1 aliphatic carbocycles. The topological polar surface area (TPSA) is 32.3 Å². The first-order valence-electron chi connectivity index (χ1n) is 7.55. The summed E-state index contributed by atoms with van der Waals surface area (Å²) in [7, 11) is 0. The molecule has 0 saturated heterocycles. The first kappa shape index (κ1) is 12.5. The Labute approximate surface area is 125 Å². The molecule has 0 radical (unpaired) electrons. The number of rotatable bonds is 1. The Bertz CT molecular complexity index is 705. The maximum atomic E-state index is 10.3. The lowest BCUT2D eigenvalue weighted by Gasteiger charge is -2.38. The van der Waals surface area contributed by atoms with E-state index in [1.54, 1.807) is 0 Å². The molecule has 2 aromatic carbocycles. The van der Waals surface area contributed by atoms with Crippen molar-refractivity contribution in [2.75, 3.05) is 5.32 Å². The molecule has 0 fully saturated rings. The number of aryl methyl sites for hydroxylation is 1. The summed E-state index contributed by atoms with van der Waals surface area (Å²) in [6.07, 6.45) is 5.67. The molecule has 0 amide bonds. The maximum absolute atomic E-state index is 10.3. The Morgan fingerprint density at radius 1 is 1.14 bits per heavy atom. The minimum atomic E-state index is 0.257. The minimum Gasteiger partial charge on any atom is -0.506 e. The van der Waals surface area contributed by atoms with Crippen LogP contribution in [0.4, 0.5) is 5.69 Å². The molecule has 2 aromatic rings. The Morgan fingerprint density at radius 3 is 2.76 bits per heavy atom. The largest absolute Gasteiger partial charge is 0.506 e. The fourth-order valence-corrected chi connectivity index (χ4v) is 3.82. The van der Waals surface area contributed by atoms with Crippen molar-refractivity contribution in [3.63, 3.8) is 0 Å². The van der Waals surface area contributed by atoms with Gasteiger partial charge in [-0.2, -0.15) is 0 Å². The van der Waals surface area contributed by atoms with Gasteiger partial charge in [0.05, 0.1) is 11.7 Å². The molecule has 2 heteroatoms. The van der Waals surface area contributed by atoms with Crippen LogP contribution < -0.4 is 5.32 Å². The average Bonchev–Trinajstić information content (AvgIpc) is 2.97. The van der Waals surface area contributed by atoms with Gasteiger partial charge in [0.2, 0.25) is 0 Å². The summed E-state index contributed by atoms with van der Waals surface area (Å²) in [5.41, 5.74) is 4.55. The average molecular weight is 277 g/mol. The van der Waals surface area contributed by atoms with E-state index in [0.29, 0.717) is 17.6 Å². The molecule has 2 N–H and O–H groups in total. The van der Waals surface area contributed by atoms with Gasteiger partial charge in [0.15, 0.2) is 0 Å². The van der Waals surface area contributed by atoms with Gasteiger partial charge in [-0.25, -0.2) is 0 Å². The molecular formula is C19H19NO. The number of phenolic OH excluding ortho intramolecular Hbond substituents is 1. The van der Waals surface area contributed by atoms with E-state index in [4.69, 9.17) is 0 Å². The molecule has 0 unspecified atom stereocenters. The van der Waals surface area contributed by atoms with E-state index in [9.17, 15) is 5.11 Å². The predicted molar refractivity (Wildman–Crippen MR) is 85.6 cm³/mol. The molecule has 3 atom stereocenters. The van der Waals surface area contributed by atoms with Gasteiger partial charge in [-0.05, 0) is 42.0 Å². The molecule has 0 aromatic heterocycles. The van der Waals surface area contributed by atoms with Gasteiger partial charge >= 0.3 is 0 Å². The molecular weight excluding hydrogens is 258 g/mol. The first-order chi connectivity index (χ1) is 10.2. The third-order valence-electron chi connectivity index (χ3n) is 4.75. The van der Waals surface area contributed by atoms with E-state index in [1.165, 1.54) is 11.1 Å². The van der Waals surface area contributed by atoms with Gasteiger partial charge in [-0.1, -0.05) is 48.6 Å². The summed E-state index contributed by atoms with van der Waals surface area (Å²) in [6, 6.07) is 14.9.